The zero-order chi connectivity index (χ0) is 16.0. The number of anilines is 2. The van der Waals surface area contributed by atoms with Crippen molar-refractivity contribution < 1.29 is 14.3 Å². The third-order valence-electron chi connectivity index (χ3n) is 4.16. The van der Waals surface area contributed by atoms with E-state index in [-0.39, 0.29) is 12.4 Å². The molecule has 0 spiro atoms. The zero-order valence-electron chi connectivity index (χ0n) is 12.6. The highest BCUT2D eigenvalue weighted by Crippen LogP contribution is 2.51. The molecule has 23 heavy (non-hydrogen) atoms. The number of esters is 1. The van der Waals surface area contributed by atoms with Crippen LogP contribution in [-0.2, 0) is 9.53 Å². The van der Waals surface area contributed by atoms with Gasteiger partial charge in [-0.25, -0.2) is 0 Å². The number of para-hydroxylation sites is 2. The molecule has 0 saturated heterocycles. The summed E-state index contributed by atoms with van der Waals surface area (Å²) in [6, 6.07) is 13.8. The Labute approximate surface area is 138 Å². The predicted molar refractivity (Wildman–Crippen MR) is 88.5 cm³/mol. The summed E-state index contributed by atoms with van der Waals surface area (Å²) in [5.74, 6) is -1.35. The molecule has 4 nitrogen and oxygen atoms in total. The fraction of sp³-hybridized carbons (Fsp3) is 0.222. The number of fused-ring (bicyclic) bond motifs is 2. The molecule has 0 aromatic heterocycles. The summed E-state index contributed by atoms with van der Waals surface area (Å²) >= 11 is 1.66. The summed E-state index contributed by atoms with van der Waals surface area (Å²) in [5.41, 5.74) is 2.56. The van der Waals surface area contributed by atoms with Crippen LogP contribution in [-0.4, -0.2) is 24.9 Å². The van der Waals surface area contributed by atoms with Crippen molar-refractivity contribution in [2.24, 2.45) is 5.92 Å². The Kier molecular flexibility index (Phi) is 3.38. The van der Waals surface area contributed by atoms with Gasteiger partial charge in [-0.2, -0.15) is 0 Å². The third kappa shape index (κ3) is 2.15. The number of Topliss-reactive ketones (excluding diaryl/α,β-unsaturated/α-hetero) is 1. The van der Waals surface area contributed by atoms with Crippen LogP contribution in [0.4, 0.5) is 11.4 Å². The van der Waals surface area contributed by atoms with E-state index in [2.05, 4.69) is 11.0 Å². The number of hydrogen-bond donors (Lipinski definition) is 0. The number of ketones is 1. The first kappa shape index (κ1) is 14.3. The molecule has 0 amide bonds. The van der Waals surface area contributed by atoms with Gasteiger partial charge in [0.2, 0.25) is 0 Å². The molecular formula is C18H15NO3S. The SMILES string of the molecule is CCOC(=O)C1CN2c3ccccc3Sc3cccc(c32)C1=O. The maximum atomic E-state index is 12.7. The predicted octanol–water partition coefficient (Wildman–Crippen LogP) is 3.66. The summed E-state index contributed by atoms with van der Waals surface area (Å²) < 4.78 is 5.10. The van der Waals surface area contributed by atoms with Crippen molar-refractivity contribution in [1.82, 2.24) is 0 Å². The van der Waals surface area contributed by atoms with Gasteiger partial charge in [-0.1, -0.05) is 30.0 Å². The Hall–Kier alpha value is -2.27. The van der Waals surface area contributed by atoms with E-state index < -0.39 is 11.9 Å². The number of rotatable bonds is 2. The molecule has 4 rings (SSSR count). The van der Waals surface area contributed by atoms with E-state index in [0.29, 0.717) is 12.1 Å². The molecule has 2 aliphatic rings. The van der Waals surface area contributed by atoms with E-state index in [9.17, 15) is 9.59 Å². The summed E-state index contributed by atoms with van der Waals surface area (Å²) in [4.78, 5) is 29.2. The normalized spacial score (nSPS) is 18.2. The number of hydrogen-bond acceptors (Lipinski definition) is 5. The van der Waals surface area contributed by atoms with Gasteiger partial charge in [-0.15, -0.1) is 0 Å². The average Bonchev–Trinajstić information content (AvgIpc) is 2.57. The van der Waals surface area contributed by atoms with E-state index in [1.165, 1.54) is 0 Å². The monoisotopic (exact) mass is 325 g/mol. The maximum absolute atomic E-state index is 12.7. The molecule has 0 radical (unpaired) electrons. The van der Waals surface area contributed by atoms with Crippen LogP contribution in [0.15, 0.2) is 52.3 Å². The molecule has 0 N–H and O–H groups in total. The van der Waals surface area contributed by atoms with Crippen molar-refractivity contribution in [3.63, 3.8) is 0 Å². The standard InChI is InChI=1S/C18H15NO3S/c1-2-22-18(21)12-10-19-13-7-3-4-8-14(13)23-15-9-5-6-11(16(15)19)17(12)20/h3-9,12H,2,10H2,1H3. The Morgan fingerprint density at radius 2 is 2.00 bits per heavy atom. The summed E-state index contributed by atoms with van der Waals surface area (Å²) in [6.07, 6.45) is 0. The number of ether oxygens (including phenoxy) is 1. The highest BCUT2D eigenvalue weighted by molar-refractivity contribution is 7.99. The van der Waals surface area contributed by atoms with Gasteiger partial charge in [0.1, 0.15) is 5.92 Å². The van der Waals surface area contributed by atoms with Crippen molar-refractivity contribution in [2.45, 2.75) is 16.7 Å². The zero-order valence-corrected chi connectivity index (χ0v) is 13.4. The first-order valence-corrected chi connectivity index (χ1v) is 8.40. The molecule has 116 valence electrons. The van der Waals surface area contributed by atoms with Crippen molar-refractivity contribution in [3.8, 4) is 0 Å². The molecule has 5 heteroatoms. The molecule has 0 bridgehead atoms. The summed E-state index contributed by atoms with van der Waals surface area (Å²) in [7, 11) is 0. The van der Waals surface area contributed by atoms with Crippen LogP contribution in [0.5, 0.6) is 0 Å². The first-order valence-electron chi connectivity index (χ1n) is 7.59. The molecule has 2 aliphatic heterocycles. The lowest BCUT2D eigenvalue weighted by atomic mass is 9.90. The van der Waals surface area contributed by atoms with Crippen molar-refractivity contribution >= 4 is 34.9 Å². The molecule has 0 fully saturated rings. The minimum absolute atomic E-state index is 0.142. The Morgan fingerprint density at radius 3 is 2.83 bits per heavy atom. The molecule has 2 aromatic carbocycles. The molecule has 1 unspecified atom stereocenters. The molecule has 2 aromatic rings. The van der Waals surface area contributed by atoms with Crippen LogP contribution < -0.4 is 4.90 Å². The second-order valence-corrected chi connectivity index (χ2v) is 6.59. The van der Waals surface area contributed by atoms with Gasteiger partial charge < -0.3 is 9.64 Å². The fourth-order valence-corrected chi connectivity index (χ4v) is 4.28. The fourth-order valence-electron chi connectivity index (χ4n) is 3.15. The average molecular weight is 325 g/mol. The van der Waals surface area contributed by atoms with E-state index in [1.807, 2.05) is 30.3 Å². The van der Waals surface area contributed by atoms with E-state index in [0.717, 1.165) is 21.2 Å². The lowest BCUT2D eigenvalue weighted by Gasteiger charge is -2.39. The van der Waals surface area contributed by atoms with E-state index in [1.54, 1.807) is 24.8 Å². The van der Waals surface area contributed by atoms with Crippen LogP contribution in [0.2, 0.25) is 0 Å². The minimum Gasteiger partial charge on any atom is -0.465 e. The van der Waals surface area contributed by atoms with Gasteiger partial charge >= 0.3 is 5.97 Å². The highest BCUT2D eigenvalue weighted by Gasteiger charge is 2.41. The summed E-state index contributed by atoms with van der Waals surface area (Å²) in [5, 5.41) is 0. The van der Waals surface area contributed by atoms with Crippen LogP contribution in [0.25, 0.3) is 0 Å². The van der Waals surface area contributed by atoms with E-state index >= 15 is 0 Å². The number of benzene rings is 2. The van der Waals surface area contributed by atoms with Gasteiger partial charge in [-0.05, 0) is 31.2 Å². The smallest absolute Gasteiger partial charge is 0.318 e. The van der Waals surface area contributed by atoms with E-state index in [4.69, 9.17) is 4.74 Å². The molecule has 2 heterocycles. The number of carbonyl (C=O) groups excluding carboxylic acids is 2. The largest absolute Gasteiger partial charge is 0.465 e. The Morgan fingerprint density at radius 1 is 1.22 bits per heavy atom. The van der Waals surface area contributed by atoms with Crippen molar-refractivity contribution in [3.05, 3.63) is 48.0 Å². The molecule has 1 atom stereocenters. The summed E-state index contributed by atoms with van der Waals surface area (Å²) in [6.45, 7) is 2.37. The second kappa shape index (κ2) is 5.42. The third-order valence-corrected chi connectivity index (χ3v) is 5.28. The minimum atomic E-state index is -0.770. The van der Waals surface area contributed by atoms with Crippen LogP contribution in [0.1, 0.15) is 17.3 Å². The quantitative estimate of drug-likeness (QED) is 0.623. The van der Waals surface area contributed by atoms with Gasteiger partial charge in [0.25, 0.3) is 0 Å². The lowest BCUT2D eigenvalue weighted by molar-refractivity contribution is -0.145. The Bertz CT molecular complexity index is 818. The van der Waals surface area contributed by atoms with Gasteiger partial charge in [0, 0.05) is 21.9 Å². The van der Waals surface area contributed by atoms with Gasteiger partial charge in [-0.3, -0.25) is 9.59 Å². The maximum Gasteiger partial charge on any atom is 0.318 e. The van der Waals surface area contributed by atoms with Crippen LogP contribution >= 0.6 is 11.8 Å². The number of carbonyl (C=O) groups is 2. The van der Waals surface area contributed by atoms with Crippen LogP contribution in [0, 0.1) is 5.92 Å². The molecular weight excluding hydrogens is 310 g/mol. The van der Waals surface area contributed by atoms with Gasteiger partial charge in [0.15, 0.2) is 5.78 Å². The van der Waals surface area contributed by atoms with Crippen molar-refractivity contribution in [2.75, 3.05) is 18.1 Å². The molecule has 0 aliphatic carbocycles. The number of nitrogens with zero attached hydrogens (tertiary/aromatic N) is 1. The Balaban J connectivity index is 1.87. The lowest BCUT2D eigenvalue weighted by Crippen LogP contribution is -2.42. The van der Waals surface area contributed by atoms with Gasteiger partial charge in [0.05, 0.1) is 18.0 Å². The topological polar surface area (TPSA) is 46.6 Å². The van der Waals surface area contributed by atoms with Crippen molar-refractivity contribution in [1.29, 1.82) is 0 Å². The van der Waals surface area contributed by atoms with Crippen LogP contribution in [0.3, 0.4) is 0 Å². The molecule has 0 saturated carbocycles. The second-order valence-electron chi connectivity index (χ2n) is 5.50. The highest BCUT2D eigenvalue weighted by atomic mass is 32.2. The first-order chi connectivity index (χ1) is 11.2.